The molecule has 0 radical (unpaired) electrons. The van der Waals surface area contributed by atoms with Gasteiger partial charge in [-0.05, 0) is 18.2 Å². The van der Waals surface area contributed by atoms with Gasteiger partial charge in [-0.15, -0.1) is 0 Å². The summed E-state index contributed by atoms with van der Waals surface area (Å²) in [6.07, 6.45) is 7.66. The smallest absolute Gasteiger partial charge is 0.0853 e. The molecular weight excluding hydrogens is 196 g/mol. The summed E-state index contributed by atoms with van der Waals surface area (Å²) in [7, 11) is 0. The van der Waals surface area contributed by atoms with Gasteiger partial charge >= 0.3 is 0 Å². The first-order valence-corrected chi connectivity index (χ1v) is 6.14. The first-order chi connectivity index (χ1) is 7.93. The van der Waals surface area contributed by atoms with Crippen LogP contribution in [0.5, 0.6) is 0 Å². The van der Waals surface area contributed by atoms with Crippen LogP contribution in [0.2, 0.25) is 0 Å². The van der Waals surface area contributed by atoms with Crippen molar-refractivity contribution in [3.05, 3.63) is 48.2 Å². The first kappa shape index (κ1) is 9.91. The largest absolute Gasteiger partial charge is 0.362 e. The van der Waals surface area contributed by atoms with E-state index in [2.05, 4.69) is 52.4 Å². The van der Waals surface area contributed by atoms with E-state index in [0.717, 1.165) is 6.54 Å². The van der Waals surface area contributed by atoms with Gasteiger partial charge in [-0.1, -0.05) is 36.4 Å². The lowest BCUT2D eigenvalue weighted by Crippen LogP contribution is -2.48. The summed E-state index contributed by atoms with van der Waals surface area (Å²) in [5.41, 5.74) is 1.43. The number of fused-ring (bicyclic) bond motifs is 1. The van der Waals surface area contributed by atoms with Crippen LogP contribution in [-0.4, -0.2) is 29.1 Å². The van der Waals surface area contributed by atoms with Gasteiger partial charge in [0.05, 0.1) is 6.17 Å². The van der Waals surface area contributed by atoms with Crippen LogP contribution in [0.15, 0.2) is 42.6 Å². The summed E-state index contributed by atoms with van der Waals surface area (Å²) >= 11 is 0. The Kier molecular flexibility index (Phi) is 2.66. The minimum atomic E-state index is 0.619. The van der Waals surface area contributed by atoms with E-state index in [1.165, 1.54) is 31.5 Å². The van der Waals surface area contributed by atoms with Crippen molar-refractivity contribution in [3.8, 4) is 0 Å². The minimum Gasteiger partial charge on any atom is -0.362 e. The fourth-order valence-electron chi connectivity index (χ4n) is 2.74. The molecule has 0 aromatic heterocycles. The molecule has 1 unspecified atom stereocenters. The molecule has 2 heterocycles. The normalized spacial score (nSPS) is 24.8. The summed E-state index contributed by atoms with van der Waals surface area (Å²) in [5.74, 6) is 0. The summed E-state index contributed by atoms with van der Waals surface area (Å²) in [6, 6.07) is 10.8. The Morgan fingerprint density at radius 3 is 2.88 bits per heavy atom. The molecule has 0 N–H and O–H groups in total. The van der Waals surface area contributed by atoms with Crippen LogP contribution in [0.1, 0.15) is 18.4 Å². The van der Waals surface area contributed by atoms with E-state index < -0.39 is 0 Å². The van der Waals surface area contributed by atoms with Crippen LogP contribution in [-0.2, 0) is 6.54 Å². The molecule has 1 atom stereocenters. The Bertz CT molecular complexity index is 372. The number of nitrogens with zero attached hydrogens (tertiary/aromatic N) is 2. The van der Waals surface area contributed by atoms with Gasteiger partial charge in [0.2, 0.25) is 0 Å². The molecule has 2 aliphatic heterocycles. The molecule has 1 fully saturated rings. The van der Waals surface area contributed by atoms with Gasteiger partial charge < -0.3 is 4.90 Å². The SMILES string of the molecule is C1=CN2CCCN(Cc3ccccc3)C2C1. The van der Waals surface area contributed by atoms with Gasteiger partial charge in [-0.25, -0.2) is 0 Å². The summed E-state index contributed by atoms with van der Waals surface area (Å²) < 4.78 is 0. The van der Waals surface area contributed by atoms with Crippen molar-refractivity contribution in [1.29, 1.82) is 0 Å². The fourth-order valence-corrected chi connectivity index (χ4v) is 2.74. The van der Waals surface area contributed by atoms with E-state index in [-0.39, 0.29) is 0 Å². The molecule has 0 aliphatic carbocycles. The van der Waals surface area contributed by atoms with E-state index in [9.17, 15) is 0 Å². The van der Waals surface area contributed by atoms with Crippen molar-refractivity contribution in [2.45, 2.75) is 25.6 Å². The summed E-state index contributed by atoms with van der Waals surface area (Å²) in [5, 5.41) is 0. The van der Waals surface area contributed by atoms with Gasteiger partial charge in [0.1, 0.15) is 0 Å². The lowest BCUT2D eigenvalue weighted by molar-refractivity contribution is 0.0435. The highest BCUT2D eigenvalue weighted by Gasteiger charge is 2.28. The van der Waals surface area contributed by atoms with Crippen molar-refractivity contribution in [2.75, 3.05) is 13.1 Å². The van der Waals surface area contributed by atoms with Crippen molar-refractivity contribution in [3.63, 3.8) is 0 Å². The van der Waals surface area contributed by atoms with E-state index in [1.54, 1.807) is 0 Å². The van der Waals surface area contributed by atoms with Gasteiger partial charge in [0.25, 0.3) is 0 Å². The third-order valence-electron chi connectivity index (χ3n) is 3.54. The zero-order chi connectivity index (χ0) is 10.8. The average molecular weight is 214 g/mol. The molecule has 0 amide bonds. The van der Waals surface area contributed by atoms with E-state index >= 15 is 0 Å². The highest BCUT2D eigenvalue weighted by Crippen LogP contribution is 2.24. The zero-order valence-corrected chi connectivity index (χ0v) is 9.55. The van der Waals surface area contributed by atoms with Crippen molar-refractivity contribution < 1.29 is 0 Å². The second kappa shape index (κ2) is 4.30. The van der Waals surface area contributed by atoms with Crippen molar-refractivity contribution in [1.82, 2.24) is 9.80 Å². The Balaban J connectivity index is 1.70. The minimum absolute atomic E-state index is 0.619. The van der Waals surface area contributed by atoms with Crippen molar-refractivity contribution in [2.24, 2.45) is 0 Å². The molecule has 2 heteroatoms. The van der Waals surface area contributed by atoms with Crippen molar-refractivity contribution >= 4 is 0 Å². The topological polar surface area (TPSA) is 6.48 Å². The molecule has 1 saturated heterocycles. The number of hydrogen-bond acceptors (Lipinski definition) is 2. The predicted octanol–water partition coefficient (Wildman–Crippen LogP) is 2.44. The molecule has 1 aromatic rings. The van der Waals surface area contributed by atoms with Crippen LogP contribution in [0.3, 0.4) is 0 Å². The average Bonchev–Trinajstić information content (AvgIpc) is 2.80. The molecule has 2 nitrogen and oxygen atoms in total. The number of rotatable bonds is 2. The highest BCUT2D eigenvalue weighted by atomic mass is 15.4. The second-order valence-electron chi connectivity index (χ2n) is 4.65. The Morgan fingerprint density at radius 2 is 2.00 bits per heavy atom. The van der Waals surface area contributed by atoms with Crippen LogP contribution in [0.4, 0.5) is 0 Å². The molecule has 16 heavy (non-hydrogen) atoms. The Morgan fingerprint density at radius 1 is 1.12 bits per heavy atom. The molecule has 0 saturated carbocycles. The maximum Gasteiger partial charge on any atom is 0.0853 e. The maximum absolute atomic E-state index is 2.60. The lowest BCUT2D eigenvalue weighted by atomic mass is 10.1. The molecule has 1 aromatic carbocycles. The van der Waals surface area contributed by atoms with Gasteiger partial charge in [0, 0.05) is 26.1 Å². The lowest BCUT2D eigenvalue weighted by Gasteiger charge is -2.40. The third kappa shape index (κ3) is 1.85. The quantitative estimate of drug-likeness (QED) is 0.746. The van der Waals surface area contributed by atoms with E-state index in [0.29, 0.717) is 6.17 Å². The second-order valence-corrected chi connectivity index (χ2v) is 4.65. The first-order valence-electron chi connectivity index (χ1n) is 6.14. The Labute approximate surface area is 97.2 Å². The molecule has 2 aliphatic rings. The number of benzene rings is 1. The van der Waals surface area contributed by atoms with Gasteiger partial charge in [-0.2, -0.15) is 0 Å². The highest BCUT2D eigenvalue weighted by molar-refractivity contribution is 5.15. The monoisotopic (exact) mass is 214 g/mol. The van der Waals surface area contributed by atoms with Crippen LogP contribution >= 0.6 is 0 Å². The molecular formula is C14H18N2. The zero-order valence-electron chi connectivity index (χ0n) is 9.55. The summed E-state index contributed by atoms with van der Waals surface area (Å²) in [6.45, 7) is 3.55. The van der Waals surface area contributed by atoms with Crippen LogP contribution < -0.4 is 0 Å². The van der Waals surface area contributed by atoms with E-state index in [4.69, 9.17) is 0 Å². The molecule has 0 bridgehead atoms. The van der Waals surface area contributed by atoms with Gasteiger partial charge in [-0.3, -0.25) is 4.90 Å². The maximum atomic E-state index is 2.60. The molecule has 0 spiro atoms. The Hall–Kier alpha value is -1.28. The standard InChI is InChI=1S/C14H18N2/c1-2-6-13(7-3-1)12-16-11-5-10-15-9-4-8-14(15)16/h1-4,6-7,9,14H,5,8,10-12H2. The molecule has 3 rings (SSSR count). The molecule has 84 valence electrons. The van der Waals surface area contributed by atoms with E-state index in [1.807, 2.05) is 0 Å². The van der Waals surface area contributed by atoms with Gasteiger partial charge in [0.15, 0.2) is 0 Å². The predicted molar refractivity (Wildman–Crippen MR) is 65.7 cm³/mol. The summed E-state index contributed by atoms with van der Waals surface area (Å²) in [4.78, 5) is 5.07. The number of hydrogen-bond donors (Lipinski definition) is 0. The van der Waals surface area contributed by atoms with Crippen LogP contribution in [0.25, 0.3) is 0 Å². The van der Waals surface area contributed by atoms with Crippen LogP contribution in [0, 0.1) is 0 Å². The fraction of sp³-hybridized carbons (Fsp3) is 0.429. The third-order valence-corrected chi connectivity index (χ3v) is 3.54.